The summed E-state index contributed by atoms with van der Waals surface area (Å²) in [4.78, 5) is 2.66. The van der Waals surface area contributed by atoms with Crippen LogP contribution >= 0.6 is 15.9 Å². The first-order valence-corrected chi connectivity index (χ1v) is 8.21. The molecule has 0 aromatic rings. The van der Waals surface area contributed by atoms with Crippen LogP contribution in [0.25, 0.3) is 0 Å². The molecular weight excluding hydrogens is 278 g/mol. The molecule has 0 N–H and O–H groups in total. The van der Waals surface area contributed by atoms with E-state index < -0.39 is 0 Å². The van der Waals surface area contributed by atoms with Crippen molar-refractivity contribution in [2.75, 3.05) is 18.4 Å². The Bertz CT molecular complexity index is 244. The molecule has 2 nitrogen and oxygen atoms in total. The number of ether oxygens (including phenoxy) is 1. The van der Waals surface area contributed by atoms with Crippen molar-refractivity contribution in [3.63, 3.8) is 0 Å². The first kappa shape index (κ1) is 13.8. The predicted molar refractivity (Wildman–Crippen MR) is 75.8 cm³/mol. The van der Waals surface area contributed by atoms with E-state index in [4.69, 9.17) is 4.74 Å². The highest BCUT2D eigenvalue weighted by Crippen LogP contribution is 2.30. The van der Waals surface area contributed by atoms with Crippen molar-refractivity contribution in [1.29, 1.82) is 0 Å². The number of hydrogen-bond donors (Lipinski definition) is 0. The molecule has 0 amide bonds. The van der Waals surface area contributed by atoms with Crippen LogP contribution in [-0.4, -0.2) is 41.1 Å². The zero-order valence-electron chi connectivity index (χ0n) is 11.3. The summed E-state index contributed by atoms with van der Waals surface area (Å²) in [6.07, 6.45) is 8.41. The zero-order chi connectivity index (χ0) is 12.3. The average molecular weight is 304 g/mol. The van der Waals surface area contributed by atoms with Gasteiger partial charge >= 0.3 is 0 Å². The molecule has 2 rings (SSSR count). The smallest absolute Gasteiger partial charge is 0.0710 e. The Morgan fingerprint density at radius 2 is 2.06 bits per heavy atom. The molecule has 0 saturated carbocycles. The number of hydrogen-bond acceptors (Lipinski definition) is 2. The van der Waals surface area contributed by atoms with Gasteiger partial charge in [-0.25, -0.2) is 0 Å². The van der Waals surface area contributed by atoms with Crippen LogP contribution < -0.4 is 0 Å². The van der Waals surface area contributed by atoms with Gasteiger partial charge in [0.2, 0.25) is 0 Å². The summed E-state index contributed by atoms with van der Waals surface area (Å²) in [7, 11) is 0. The summed E-state index contributed by atoms with van der Waals surface area (Å²) in [5.41, 5.74) is 0.112. The molecule has 17 heavy (non-hydrogen) atoms. The van der Waals surface area contributed by atoms with Gasteiger partial charge in [-0.1, -0.05) is 28.8 Å². The molecule has 0 aliphatic carbocycles. The second-order valence-corrected chi connectivity index (χ2v) is 6.84. The molecule has 3 heteroatoms. The summed E-state index contributed by atoms with van der Waals surface area (Å²) >= 11 is 3.68. The van der Waals surface area contributed by atoms with Crippen molar-refractivity contribution in [3.05, 3.63) is 0 Å². The van der Waals surface area contributed by atoms with Crippen LogP contribution in [0.4, 0.5) is 0 Å². The van der Waals surface area contributed by atoms with E-state index in [0.29, 0.717) is 6.10 Å². The average Bonchev–Trinajstić information content (AvgIpc) is 2.50. The van der Waals surface area contributed by atoms with Gasteiger partial charge in [0.05, 0.1) is 11.7 Å². The Morgan fingerprint density at radius 1 is 1.24 bits per heavy atom. The first-order chi connectivity index (χ1) is 8.11. The van der Waals surface area contributed by atoms with Gasteiger partial charge in [-0.3, -0.25) is 4.90 Å². The van der Waals surface area contributed by atoms with Gasteiger partial charge in [0.25, 0.3) is 0 Å². The molecule has 2 atom stereocenters. The van der Waals surface area contributed by atoms with Gasteiger partial charge < -0.3 is 4.74 Å². The van der Waals surface area contributed by atoms with Crippen LogP contribution in [0.3, 0.4) is 0 Å². The fourth-order valence-electron chi connectivity index (χ4n) is 3.12. The van der Waals surface area contributed by atoms with Gasteiger partial charge in [-0.2, -0.15) is 0 Å². The number of halogens is 1. The van der Waals surface area contributed by atoms with E-state index in [1.807, 2.05) is 0 Å². The summed E-state index contributed by atoms with van der Waals surface area (Å²) in [5, 5.41) is 1.11. The lowest BCUT2D eigenvalue weighted by molar-refractivity contribution is -0.0322. The Hall–Kier alpha value is 0.400. The van der Waals surface area contributed by atoms with E-state index in [1.54, 1.807) is 0 Å². The van der Waals surface area contributed by atoms with Crippen LogP contribution in [0, 0.1) is 0 Å². The number of nitrogens with zero attached hydrogens (tertiary/aromatic N) is 1. The van der Waals surface area contributed by atoms with E-state index in [0.717, 1.165) is 17.9 Å². The molecule has 0 aromatic heterocycles. The third-order valence-corrected chi connectivity index (χ3v) is 4.92. The maximum absolute atomic E-state index is 6.13. The van der Waals surface area contributed by atoms with Gasteiger partial charge in [0.1, 0.15) is 0 Å². The van der Waals surface area contributed by atoms with Crippen molar-refractivity contribution >= 4 is 15.9 Å². The summed E-state index contributed by atoms with van der Waals surface area (Å²) in [5.74, 6) is 0. The lowest BCUT2D eigenvalue weighted by Gasteiger charge is -2.31. The highest BCUT2D eigenvalue weighted by molar-refractivity contribution is 9.09. The lowest BCUT2D eigenvalue weighted by Crippen LogP contribution is -2.41. The molecular formula is C14H26BrNO. The maximum Gasteiger partial charge on any atom is 0.0710 e. The fraction of sp³-hybridized carbons (Fsp3) is 1.00. The topological polar surface area (TPSA) is 12.5 Å². The van der Waals surface area contributed by atoms with E-state index >= 15 is 0 Å². The van der Waals surface area contributed by atoms with Crippen molar-refractivity contribution in [3.8, 4) is 0 Å². The third-order valence-electron chi connectivity index (χ3n) is 4.17. The molecule has 2 heterocycles. The standard InChI is InChI=1S/C14H26BrNO/c1-14(2)8-7-13(17-14)11-16-9-5-3-4-6-12(16)10-15/h12-13H,3-11H2,1-2H3. The van der Waals surface area contributed by atoms with Crippen LogP contribution in [-0.2, 0) is 4.74 Å². The van der Waals surface area contributed by atoms with Gasteiger partial charge in [0, 0.05) is 17.9 Å². The Balaban J connectivity index is 1.87. The van der Waals surface area contributed by atoms with Gasteiger partial charge in [-0.05, 0) is 46.1 Å². The normalized spacial score (nSPS) is 34.8. The fourth-order valence-corrected chi connectivity index (χ4v) is 3.85. The third kappa shape index (κ3) is 3.93. The minimum Gasteiger partial charge on any atom is -0.371 e. The Labute approximate surface area is 114 Å². The van der Waals surface area contributed by atoms with Crippen molar-refractivity contribution in [2.24, 2.45) is 0 Å². The molecule has 2 fully saturated rings. The predicted octanol–water partition coefficient (Wildman–Crippen LogP) is 3.58. The highest BCUT2D eigenvalue weighted by Gasteiger charge is 2.33. The molecule has 0 aromatic carbocycles. The van der Waals surface area contributed by atoms with Crippen LogP contribution in [0.1, 0.15) is 52.4 Å². The first-order valence-electron chi connectivity index (χ1n) is 7.08. The summed E-state index contributed by atoms with van der Waals surface area (Å²) in [6.45, 7) is 6.84. The minimum atomic E-state index is 0.112. The van der Waals surface area contributed by atoms with Gasteiger partial charge in [0.15, 0.2) is 0 Å². The zero-order valence-corrected chi connectivity index (χ0v) is 12.8. The summed E-state index contributed by atoms with van der Waals surface area (Å²) < 4.78 is 6.13. The van der Waals surface area contributed by atoms with Crippen molar-refractivity contribution in [2.45, 2.75) is 70.1 Å². The molecule has 2 saturated heterocycles. The second kappa shape index (κ2) is 6.03. The maximum atomic E-state index is 6.13. The van der Waals surface area contributed by atoms with E-state index in [9.17, 15) is 0 Å². The minimum absolute atomic E-state index is 0.112. The lowest BCUT2D eigenvalue weighted by atomic mass is 10.1. The SMILES string of the molecule is CC1(C)CCC(CN2CCCCCC2CBr)O1. The van der Waals surface area contributed by atoms with Crippen molar-refractivity contribution in [1.82, 2.24) is 4.90 Å². The van der Waals surface area contributed by atoms with Crippen LogP contribution in [0.2, 0.25) is 0 Å². The number of likely N-dealkylation sites (tertiary alicyclic amines) is 1. The van der Waals surface area contributed by atoms with Crippen LogP contribution in [0.5, 0.6) is 0 Å². The van der Waals surface area contributed by atoms with Gasteiger partial charge in [-0.15, -0.1) is 0 Å². The molecule has 0 radical (unpaired) electrons. The van der Waals surface area contributed by atoms with Crippen LogP contribution in [0.15, 0.2) is 0 Å². The van der Waals surface area contributed by atoms with Crippen molar-refractivity contribution < 1.29 is 4.74 Å². The molecule has 100 valence electrons. The quantitative estimate of drug-likeness (QED) is 0.739. The largest absolute Gasteiger partial charge is 0.371 e. The number of alkyl halides is 1. The molecule has 2 unspecified atom stereocenters. The Kier molecular flexibility index (Phi) is 4.90. The molecule has 0 bridgehead atoms. The summed E-state index contributed by atoms with van der Waals surface area (Å²) in [6, 6.07) is 0.727. The molecule has 2 aliphatic rings. The van der Waals surface area contributed by atoms with E-state index in [1.165, 1.54) is 45.1 Å². The molecule has 0 spiro atoms. The Morgan fingerprint density at radius 3 is 2.71 bits per heavy atom. The second-order valence-electron chi connectivity index (χ2n) is 6.19. The highest BCUT2D eigenvalue weighted by atomic mass is 79.9. The van der Waals surface area contributed by atoms with E-state index in [2.05, 4.69) is 34.7 Å². The number of rotatable bonds is 3. The molecule has 2 aliphatic heterocycles. The van der Waals surface area contributed by atoms with E-state index in [-0.39, 0.29) is 5.60 Å². The monoisotopic (exact) mass is 303 g/mol.